The van der Waals surface area contributed by atoms with Crippen molar-refractivity contribution in [3.05, 3.63) is 42.1 Å². The number of benzene rings is 1. The van der Waals surface area contributed by atoms with Crippen LogP contribution < -0.4 is 0 Å². The Balaban J connectivity index is 2.00. The van der Waals surface area contributed by atoms with E-state index >= 15 is 0 Å². The average molecular weight is 275 g/mol. The largest absolute Gasteiger partial charge is 0.334 e. The van der Waals surface area contributed by atoms with Crippen molar-refractivity contribution < 1.29 is 4.79 Å². The number of hydrogen-bond acceptors (Lipinski definition) is 2. The molecule has 0 N–H and O–H groups in total. The highest BCUT2D eigenvalue weighted by Crippen LogP contribution is 2.29. The lowest BCUT2D eigenvalue weighted by Gasteiger charge is -2.22. The van der Waals surface area contributed by atoms with Crippen LogP contribution in [0, 0.1) is 0 Å². The van der Waals surface area contributed by atoms with Crippen LogP contribution in [0.5, 0.6) is 0 Å². The number of rotatable bonds is 4. The van der Waals surface area contributed by atoms with Crippen molar-refractivity contribution >= 4 is 28.4 Å². The molecule has 1 heterocycles. The number of aromatic nitrogens is 1. The lowest BCUT2D eigenvalue weighted by atomic mass is 10.1. The molecule has 4 heteroatoms. The molecule has 1 aliphatic rings. The highest BCUT2D eigenvalue weighted by molar-refractivity contribution is 6.18. The van der Waals surface area contributed by atoms with E-state index in [1.54, 1.807) is 12.3 Å². The molecule has 3 nitrogen and oxygen atoms in total. The van der Waals surface area contributed by atoms with E-state index in [-0.39, 0.29) is 5.91 Å². The minimum Gasteiger partial charge on any atom is -0.334 e. The van der Waals surface area contributed by atoms with Gasteiger partial charge in [-0.3, -0.25) is 9.78 Å². The second-order valence-corrected chi connectivity index (χ2v) is 5.17. The van der Waals surface area contributed by atoms with Crippen molar-refractivity contribution in [1.29, 1.82) is 0 Å². The third-order valence-electron chi connectivity index (χ3n) is 3.45. The molecule has 3 rings (SSSR count). The molecule has 1 aromatic carbocycles. The van der Waals surface area contributed by atoms with Crippen LogP contribution in [0.3, 0.4) is 0 Å². The van der Waals surface area contributed by atoms with E-state index in [1.807, 2.05) is 29.2 Å². The van der Waals surface area contributed by atoms with E-state index < -0.39 is 0 Å². The van der Waals surface area contributed by atoms with E-state index in [0.717, 1.165) is 29.3 Å². The predicted molar refractivity (Wildman–Crippen MR) is 76.5 cm³/mol. The average Bonchev–Trinajstić information content (AvgIpc) is 3.28. The second kappa shape index (κ2) is 5.17. The Hall–Kier alpha value is -1.61. The Morgan fingerprint density at radius 3 is 2.84 bits per heavy atom. The minimum atomic E-state index is 0.0711. The van der Waals surface area contributed by atoms with Gasteiger partial charge >= 0.3 is 0 Å². The zero-order valence-corrected chi connectivity index (χ0v) is 11.3. The lowest BCUT2D eigenvalue weighted by molar-refractivity contribution is 0.0755. The summed E-state index contributed by atoms with van der Waals surface area (Å²) in [6.07, 6.45) is 3.87. The molecular weight excluding hydrogens is 260 g/mol. The SMILES string of the molecule is O=C(c1ccnc2ccccc12)N(CCCl)C1CC1. The van der Waals surface area contributed by atoms with Gasteiger partial charge < -0.3 is 4.90 Å². The van der Waals surface area contributed by atoms with Crippen LogP contribution in [0.15, 0.2) is 36.5 Å². The van der Waals surface area contributed by atoms with E-state index in [4.69, 9.17) is 11.6 Å². The fourth-order valence-electron chi connectivity index (χ4n) is 2.36. The van der Waals surface area contributed by atoms with Gasteiger partial charge in [-0.05, 0) is 25.0 Å². The first-order valence-corrected chi connectivity index (χ1v) is 7.05. The summed E-state index contributed by atoms with van der Waals surface area (Å²) < 4.78 is 0. The van der Waals surface area contributed by atoms with Gasteiger partial charge in [0.15, 0.2) is 0 Å². The molecule has 0 bridgehead atoms. The van der Waals surface area contributed by atoms with Crippen molar-refractivity contribution in [2.75, 3.05) is 12.4 Å². The first-order valence-electron chi connectivity index (χ1n) is 6.52. The van der Waals surface area contributed by atoms with Gasteiger partial charge in [-0.25, -0.2) is 0 Å². The zero-order valence-electron chi connectivity index (χ0n) is 10.6. The molecule has 98 valence electrons. The smallest absolute Gasteiger partial charge is 0.254 e. The number of alkyl halides is 1. The first kappa shape index (κ1) is 12.4. The quantitative estimate of drug-likeness (QED) is 0.803. The molecule has 1 aliphatic carbocycles. The number of halogens is 1. The molecule has 0 aliphatic heterocycles. The van der Waals surface area contributed by atoms with Crippen molar-refractivity contribution in [1.82, 2.24) is 9.88 Å². The van der Waals surface area contributed by atoms with Crippen LogP contribution in [-0.4, -0.2) is 34.3 Å². The molecule has 1 aromatic heterocycles. The van der Waals surface area contributed by atoms with Crippen molar-refractivity contribution in [3.8, 4) is 0 Å². The first-order chi connectivity index (χ1) is 9.31. The van der Waals surface area contributed by atoms with Crippen LogP contribution in [-0.2, 0) is 0 Å². The summed E-state index contributed by atoms with van der Waals surface area (Å²) in [5.41, 5.74) is 1.58. The number of pyridine rings is 1. The van der Waals surface area contributed by atoms with E-state index in [0.29, 0.717) is 18.5 Å². The topological polar surface area (TPSA) is 33.2 Å². The van der Waals surface area contributed by atoms with Gasteiger partial charge in [-0.1, -0.05) is 18.2 Å². The normalized spacial score (nSPS) is 14.6. The Bertz CT molecular complexity index is 605. The van der Waals surface area contributed by atoms with Crippen LogP contribution in [0.4, 0.5) is 0 Å². The third kappa shape index (κ3) is 2.43. The van der Waals surface area contributed by atoms with Crippen LogP contribution in [0.1, 0.15) is 23.2 Å². The number of carbonyl (C=O) groups excluding carboxylic acids is 1. The minimum absolute atomic E-state index is 0.0711. The van der Waals surface area contributed by atoms with Crippen LogP contribution in [0.2, 0.25) is 0 Å². The number of carbonyl (C=O) groups is 1. The number of nitrogens with zero attached hydrogens (tertiary/aromatic N) is 2. The van der Waals surface area contributed by atoms with Gasteiger partial charge in [0.05, 0.1) is 11.1 Å². The van der Waals surface area contributed by atoms with Gasteiger partial charge in [0.2, 0.25) is 0 Å². The van der Waals surface area contributed by atoms with Gasteiger partial charge in [0.1, 0.15) is 0 Å². The van der Waals surface area contributed by atoms with Crippen LogP contribution in [0.25, 0.3) is 10.9 Å². The second-order valence-electron chi connectivity index (χ2n) is 4.79. The zero-order chi connectivity index (χ0) is 13.2. The predicted octanol–water partition coefficient (Wildman–Crippen LogP) is 3.08. The van der Waals surface area contributed by atoms with Crippen molar-refractivity contribution in [2.24, 2.45) is 0 Å². The Labute approximate surface area is 117 Å². The highest BCUT2D eigenvalue weighted by Gasteiger charge is 2.33. The Morgan fingerprint density at radius 2 is 2.11 bits per heavy atom. The van der Waals surface area contributed by atoms with Crippen LogP contribution >= 0.6 is 11.6 Å². The van der Waals surface area contributed by atoms with E-state index in [9.17, 15) is 4.79 Å². The molecule has 0 unspecified atom stereocenters. The standard InChI is InChI=1S/C15H15ClN2O/c16-8-10-18(11-5-6-11)15(19)13-7-9-17-14-4-2-1-3-12(13)14/h1-4,7,9,11H,5-6,8,10H2. The van der Waals surface area contributed by atoms with Gasteiger partial charge in [0.25, 0.3) is 5.91 Å². The fourth-order valence-corrected chi connectivity index (χ4v) is 2.55. The highest BCUT2D eigenvalue weighted by atomic mass is 35.5. The maximum absolute atomic E-state index is 12.7. The fraction of sp³-hybridized carbons (Fsp3) is 0.333. The van der Waals surface area contributed by atoms with Gasteiger partial charge in [0, 0.05) is 30.0 Å². The number of fused-ring (bicyclic) bond motifs is 1. The molecule has 0 atom stereocenters. The molecule has 2 aromatic rings. The Morgan fingerprint density at radius 1 is 1.32 bits per heavy atom. The molecule has 0 saturated heterocycles. The third-order valence-corrected chi connectivity index (χ3v) is 3.62. The summed E-state index contributed by atoms with van der Waals surface area (Å²) >= 11 is 5.81. The molecule has 0 radical (unpaired) electrons. The molecule has 19 heavy (non-hydrogen) atoms. The number of hydrogen-bond donors (Lipinski definition) is 0. The summed E-state index contributed by atoms with van der Waals surface area (Å²) in [4.78, 5) is 18.9. The monoisotopic (exact) mass is 274 g/mol. The summed E-state index contributed by atoms with van der Waals surface area (Å²) in [6, 6.07) is 9.91. The maximum Gasteiger partial charge on any atom is 0.254 e. The van der Waals surface area contributed by atoms with Gasteiger partial charge in [-0.2, -0.15) is 0 Å². The number of amides is 1. The van der Waals surface area contributed by atoms with E-state index in [2.05, 4.69) is 4.98 Å². The summed E-state index contributed by atoms with van der Waals surface area (Å²) in [6.45, 7) is 0.613. The molecular formula is C15H15ClN2O. The summed E-state index contributed by atoms with van der Waals surface area (Å²) in [5, 5.41) is 0.912. The van der Waals surface area contributed by atoms with Crippen molar-refractivity contribution in [3.63, 3.8) is 0 Å². The van der Waals surface area contributed by atoms with Gasteiger partial charge in [-0.15, -0.1) is 11.6 Å². The lowest BCUT2D eigenvalue weighted by Crippen LogP contribution is -2.34. The molecule has 1 amide bonds. The molecule has 0 spiro atoms. The maximum atomic E-state index is 12.7. The van der Waals surface area contributed by atoms with E-state index in [1.165, 1.54) is 0 Å². The summed E-state index contributed by atoms with van der Waals surface area (Å²) in [7, 11) is 0. The van der Waals surface area contributed by atoms with Crippen molar-refractivity contribution in [2.45, 2.75) is 18.9 Å². The number of para-hydroxylation sites is 1. The summed E-state index contributed by atoms with van der Waals surface area (Å²) in [5.74, 6) is 0.549. The molecule has 1 saturated carbocycles. The Kier molecular flexibility index (Phi) is 3.38. The molecule has 1 fully saturated rings.